The van der Waals surface area contributed by atoms with E-state index in [1.807, 2.05) is 18.2 Å². The highest BCUT2D eigenvalue weighted by Crippen LogP contribution is 2.06. The van der Waals surface area contributed by atoms with Crippen LogP contribution in [0.3, 0.4) is 0 Å². The predicted octanol–water partition coefficient (Wildman–Crippen LogP) is 2.22. The maximum atomic E-state index is 10.9. The van der Waals surface area contributed by atoms with E-state index in [0.717, 1.165) is 12.8 Å². The van der Waals surface area contributed by atoms with E-state index in [0.29, 0.717) is 13.0 Å². The Morgan fingerprint density at radius 1 is 1.42 bits per heavy atom. The van der Waals surface area contributed by atoms with E-state index in [9.17, 15) is 4.79 Å². The lowest BCUT2D eigenvalue weighted by molar-refractivity contribution is -0.141. The molecule has 1 heterocycles. The maximum Gasteiger partial charge on any atom is 0.309 e. The van der Waals surface area contributed by atoms with Gasteiger partial charge >= 0.3 is 5.97 Å². The van der Waals surface area contributed by atoms with Gasteiger partial charge in [-0.2, -0.15) is 0 Å². The molecule has 0 atom stereocenters. The zero-order valence-corrected chi connectivity index (χ0v) is 7.38. The molecular formula is C10H14O2. The van der Waals surface area contributed by atoms with Crippen molar-refractivity contribution in [1.82, 2.24) is 0 Å². The van der Waals surface area contributed by atoms with Crippen LogP contribution in [-0.4, -0.2) is 12.6 Å². The van der Waals surface area contributed by atoms with Gasteiger partial charge in [-0.3, -0.25) is 4.79 Å². The molecule has 0 amide bonds. The van der Waals surface area contributed by atoms with Gasteiger partial charge in [0.1, 0.15) is 6.61 Å². The predicted molar refractivity (Wildman–Crippen MR) is 47.7 cm³/mol. The lowest BCUT2D eigenvalue weighted by atomic mass is 10.1. The lowest BCUT2D eigenvalue weighted by Gasteiger charge is -2.03. The fraction of sp³-hybridized carbons (Fsp3) is 0.500. The third kappa shape index (κ3) is 3.37. The van der Waals surface area contributed by atoms with Gasteiger partial charge in [-0.05, 0) is 25.8 Å². The zero-order valence-electron chi connectivity index (χ0n) is 7.38. The van der Waals surface area contributed by atoms with Gasteiger partial charge in [0.2, 0.25) is 0 Å². The Bertz CT molecular complexity index is 214. The molecule has 2 heteroatoms. The Morgan fingerprint density at radius 2 is 2.25 bits per heavy atom. The number of allylic oxidation sites excluding steroid dienone is 2. The summed E-state index contributed by atoms with van der Waals surface area (Å²) in [5.41, 5.74) is 1.29. The van der Waals surface area contributed by atoms with Gasteiger partial charge in [-0.25, -0.2) is 0 Å². The number of ether oxygens (including phenoxy) is 1. The van der Waals surface area contributed by atoms with Gasteiger partial charge in [0.25, 0.3) is 0 Å². The number of carbonyl (C=O) groups excluding carboxylic acids is 1. The Balaban J connectivity index is 2.50. The first-order chi connectivity index (χ1) is 5.79. The summed E-state index contributed by atoms with van der Waals surface area (Å²) in [5, 5.41) is 0. The maximum absolute atomic E-state index is 10.9. The smallest absolute Gasteiger partial charge is 0.309 e. The highest BCUT2D eigenvalue weighted by Gasteiger charge is 1.99. The summed E-state index contributed by atoms with van der Waals surface area (Å²) < 4.78 is 4.92. The van der Waals surface area contributed by atoms with Crippen molar-refractivity contribution in [3.05, 3.63) is 23.8 Å². The van der Waals surface area contributed by atoms with E-state index >= 15 is 0 Å². The second kappa shape index (κ2) is 4.75. The first kappa shape index (κ1) is 9.04. The van der Waals surface area contributed by atoms with E-state index in [4.69, 9.17) is 4.74 Å². The van der Waals surface area contributed by atoms with Gasteiger partial charge in [0.05, 0.1) is 6.42 Å². The van der Waals surface area contributed by atoms with Gasteiger partial charge in [-0.1, -0.05) is 17.7 Å². The second-order valence-corrected chi connectivity index (χ2v) is 2.95. The van der Waals surface area contributed by atoms with Gasteiger partial charge in [-0.15, -0.1) is 0 Å². The standard InChI is InChI=1S/C10H14O2/c1-9-5-3-2-4-6-10(11)12-8-7-9/h2,4,7H,3,5-6,8H2,1H3. The van der Waals surface area contributed by atoms with Crippen LogP contribution in [0.15, 0.2) is 23.8 Å². The van der Waals surface area contributed by atoms with E-state index in [1.54, 1.807) is 0 Å². The topological polar surface area (TPSA) is 26.3 Å². The number of esters is 1. The molecule has 0 saturated heterocycles. The zero-order chi connectivity index (χ0) is 8.81. The van der Waals surface area contributed by atoms with Crippen molar-refractivity contribution >= 4 is 5.97 Å². The van der Waals surface area contributed by atoms with Crippen molar-refractivity contribution in [1.29, 1.82) is 0 Å². The Labute approximate surface area is 72.9 Å². The van der Waals surface area contributed by atoms with Crippen LogP contribution in [0.2, 0.25) is 0 Å². The summed E-state index contributed by atoms with van der Waals surface area (Å²) in [7, 11) is 0. The van der Waals surface area contributed by atoms with E-state index in [-0.39, 0.29) is 5.97 Å². The fourth-order valence-corrected chi connectivity index (χ4v) is 1.05. The van der Waals surface area contributed by atoms with Crippen LogP contribution in [-0.2, 0) is 9.53 Å². The van der Waals surface area contributed by atoms with Gasteiger partial charge in [0.15, 0.2) is 0 Å². The molecule has 0 aliphatic carbocycles. The molecule has 2 nitrogen and oxygen atoms in total. The first-order valence-electron chi connectivity index (χ1n) is 4.25. The summed E-state index contributed by atoms with van der Waals surface area (Å²) in [6.45, 7) is 2.49. The number of hydrogen-bond acceptors (Lipinski definition) is 2. The van der Waals surface area contributed by atoms with Crippen LogP contribution in [0.1, 0.15) is 26.2 Å². The van der Waals surface area contributed by atoms with E-state index in [2.05, 4.69) is 6.92 Å². The number of carbonyl (C=O) groups is 1. The SMILES string of the molecule is CC1=CCOC(=O)CC=CCC1. The minimum atomic E-state index is -0.141. The number of rotatable bonds is 0. The Morgan fingerprint density at radius 3 is 3.08 bits per heavy atom. The third-order valence-corrected chi connectivity index (χ3v) is 1.83. The molecule has 12 heavy (non-hydrogen) atoms. The molecule has 0 spiro atoms. The summed E-state index contributed by atoms with van der Waals surface area (Å²) in [5.74, 6) is -0.141. The van der Waals surface area contributed by atoms with Crippen LogP contribution in [0.25, 0.3) is 0 Å². The van der Waals surface area contributed by atoms with Crippen molar-refractivity contribution in [3.63, 3.8) is 0 Å². The van der Waals surface area contributed by atoms with Crippen LogP contribution < -0.4 is 0 Å². The van der Waals surface area contributed by atoms with E-state index < -0.39 is 0 Å². The molecule has 1 aliphatic heterocycles. The third-order valence-electron chi connectivity index (χ3n) is 1.83. The molecule has 0 N–H and O–H groups in total. The second-order valence-electron chi connectivity index (χ2n) is 2.95. The number of cyclic esters (lactones) is 1. The summed E-state index contributed by atoms with van der Waals surface area (Å²) >= 11 is 0. The van der Waals surface area contributed by atoms with Gasteiger partial charge in [0, 0.05) is 0 Å². The molecule has 0 saturated carbocycles. The summed E-state index contributed by atoms with van der Waals surface area (Å²) in [4.78, 5) is 10.9. The highest BCUT2D eigenvalue weighted by molar-refractivity contribution is 5.71. The first-order valence-corrected chi connectivity index (χ1v) is 4.25. The molecule has 0 aromatic rings. The largest absolute Gasteiger partial charge is 0.461 e. The normalized spacial score (nSPS) is 19.8. The van der Waals surface area contributed by atoms with E-state index in [1.165, 1.54) is 5.57 Å². The molecule has 0 fully saturated rings. The molecule has 0 bridgehead atoms. The molecule has 0 aromatic heterocycles. The average Bonchev–Trinajstić information content (AvgIpc) is 2.04. The minimum Gasteiger partial charge on any atom is -0.461 e. The molecule has 1 rings (SSSR count). The summed E-state index contributed by atoms with van der Waals surface area (Å²) in [6, 6.07) is 0. The Kier molecular flexibility index (Phi) is 3.58. The number of hydrogen-bond donors (Lipinski definition) is 0. The molecule has 0 aromatic carbocycles. The molecule has 0 radical (unpaired) electrons. The fourth-order valence-electron chi connectivity index (χ4n) is 1.05. The molecule has 1 aliphatic rings. The monoisotopic (exact) mass is 166 g/mol. The lowest BCUT2D eigenvalue weighted by Crippen LogP contribution is -2.03. The van der Waals surface area contributed by atoms with Crippen molar-refractivity contribution in [2.75, 3.05) is 6.61 Å². The van der Waals surface area contributed by atoms with Gasteiger partial charge < -0.3 is 4.74 Å². The van der Waals surface area contributed by atoms with Crippen LogP contribution in [0.5, 0.6) is 0 Å². The molecule has 66 valence electrons. The summed E-state index contributed by atoms with van der Waals surface area (Å²) in [6.07, 6.45) is 8.37. The highest BCUT2D eigenvalue weighted by atomic mass is 16.5. The Hall–Kier alpha value is -1.05. The van der Waals surface area contributed by atoms with Crippen LogP contribution in [0.4, 0.5) is 0 Å². The van der Waals surface area contributed by atoms with Crippen molar-refractivity contribution in [2.45, 2.75) is 26.2 Å². The van der Waals surface area contributed by atoms with Crippen molar-refractivity contribution in [2.24, 2.45) is 0 Å². The quantitative estimate of drug-likeness (QED) is 0.407. The van der Waals surface area contributed by atoms with Crippen molar-refractivity contribution < 1.29 is 9.53 Å². The molecule has 0 unspecified atom stereocenters. The van der Waals surface area contributed by atoms with Crippen LogP contribution >= 0.6 is 0 Å². The van der Waals surface area contributed by atoms with Crippen LogP contribution in [0, 0.1) is 0 Å². The molecular weight excluding hydrogens is 152 g/mol. The van der Waals surface area contributed by atoms with Crippen molar-refractivity contribution in [3.8, 4) is 0 Å². The minimum absolute atomic E-state index is 0.141. The average molecular weight is 166 g/mol.